The van der Waals surface area contributed by atoms with Gasteiger partial charge in [0.05, 0.1) is 15.4 Å². The number of amides is 3. The van der Waals surface area contributed by atoms with Gasteiger partial charge < -0.3 is 0 Å². The standard InChI is InChI=1S/C15H8N4O7/c20-13(8-3-1-4-9(7-8)18(23)24)16-17-14(21)10-5-2-6-11(19(25)26)12(10)15(17)22/h1-7H,(H,16,20). The highest BCUT2D eigenvalue weighted by Gasteiger charge is 2.42. The molecule has 1 N–H and O–H groups in total. The molecule has 0 spiro atoms. The van der Waals surface area contributed by atoms with Crippen molar-refractivity contribution in [1.82, 2.24) is 10.4 Å². The fraction of sp³-hybridized carbons (Fsp3) is 0. The van der Waals surface area contributed by atoms with Crippen molar-refractivity contribution in [2.24, 2.45) is 0 Å². The zero-order valence-corrected chi connectivity index (χ0v) is 12.7. The van der Waals surface area contributed by atoms with Gasteiger partial charge in [0.2, 0.25) is 0 Å². The van der Waals surface area contributed by atoms with Crippen LogP contribution in [0.2, 0.25) is 0 Å². The molecule has 0 atom stereocenters. The molecule has 1 heterocycles. The second kappa shape index (κ2) is 6.05. The number of nitro benzene ring substituents is 2. The van der Waals surface area contributed by atoms with E-state index in [0.29, 0.717) is 5.01 Å². The Morgan fingerprint density at radius 3 is 2.31 bits per heavy atom. The Bertz CT molecular complexity index is 1000. The fourth-order valence-corrected chi connectivity index (χ4v) is 2.45. The van der Waals surface area contributed by atoms with Crippen molar-refractivity contribution in [2.75, 3.05) is 0 Å². The van der Waals surface area contributed by atoms with Gasteiger partial charge in [-0.25, -0.2) is 0 Å². The molecule has 0 aliphatic carbocycles. The number of fused-ring (bicyclic) bond motifs is 1. The van der Waals surface area contributed by atoms with Gasteiger partial charge in [0.15, 0.2) is 0 Å². The van der Waals surface area contributed by atoms with Gasteiger partial charge in [-0.05, 0) is 12.1 Å². The minimum Gasteiger partial charge on any atom is -0.267 e. The van der Waals surface area contributed by atoms with E-state index in [0.717, 1.165) is 12.1 Å². The van der Waals surface area contributed by atoms with Crippen LogP contribution in [-0.2, 0) is 0 Å². The highest BCUT2D eigenvalue weighted by molar-refractivity contribution is 6.23. The lowest BCUT2D eigenvalue weighted by Gasteiger charge is -2.14. The van der Waals surface area contributed by atoms with Crippen molar-refractivity contribution in [2.45, 2.75) is 0 Å². The topological polar surface area (TPSA) is 153 Å². The maximum Gasteiger partial charge on any atom is 0.287 e. The molecule has 11 heteroatoms. The molecular weight excluding hydrogens is 348 g/mol. The summed E-state index contributed by atoms with van der Waals surface area (Å²) in [6.45, 7) is 0. The number of hydrogen-bond acceptors (Lipinski definition) is 7. The molecule has 3 rings (SSSR count). The summed E-state index contributed by atoms with van der Waals surface area (Å²) in [4.78, 5) is 57.1. The number of rotatable bonds is 4. The van der Waals surface area contributed by atoms with Crippen LogP contribution in [-0.4, -0.2) is 32.6 Å². The molecule has 0 bridgehead atoms. The number of carbonyl (C=O) groups excluding carboxylic acids is 3. The number of nitrogens with one attached hydrogen (secondary N) is 1. The lowest BCUT2D eigenvalue weighted by atomic mass is 10.1. The van der Waals surface area contributed by atoms with Crippen LogP contribution in [0.5, 0.6) is 0 Å². The molecule has 130 valence electrons. The van der Waals surface area contributed by atoms with E-state index in [1.54, 1.807) is 0 Å². The first-order valence-corrected chi connectivity index (χ1v) is 7.03. The third-order valence-electron chi connectivity index (χ3n) is 3.62. The molecule has 0 radical (unpaired) electrons. The molecule has 0 fully saturated rings. The van der Waals surface area contributed by atoms with Gasteiger partial charge in [0.25, 0.3) is 29.1 Å². The summed E-state index contributed by atoms with van der Waals surface area (Å²) in [6, 6.07) is 8.19. The van der Waals surface area contributed by atoms with E-state index in [2.05, 4.69) is 0 Å². The third kappa shape index (κ3) is 2.62. The van der Waals surface area contributed by atoms with Crippen molar-refractivity contribution in [3.8, 4) is 0 Å². The summed E-state index contributed by atoms with van der Waals surface area (Å²) in [5.41, 5.74) is 0.301. The first-order valence-electron chi connectivity index (χ1n) is 7.03. The van der Waals surface area contributed by atoms with Crippen LogP contribution >= 0.6 is 0 Å². The Morgan fingerprint density at radius 2 is 1.65 bits per heavy atom. The maximum atomic E-state index is 12.4. The van der Waals surface area contributed by atoms with Gasteiger partial charge in [0, 0.05) is 23.8 Å². The summed E-state index contributed by atoms with van der Waals surface area (Å²) in [5, 5.41) is 22.1. The molecule has 1 aliphatic heterocycles. The minimum absolute atomic E-state index is 0.162. The number of hydrogen-bond donors (Lipinski definition) is 1. The van der Waals surface area contributed by atoms with E-state index >= 15 is 0 Å². The lowest BCUT2D eigenvalue weighted by molar-refractivity contribution is -0.385. The van der Waals surface area contributed by atoms with E-state index in [1.165, 1.54) is 30.3 Å². The normalized spacial score (nSPS) is 12.7. The van der Waals surface area contributed by atoms with E-state index in [1.807, 2.05) is 5.43 Å². The van der Waals surface area contributed by atoms with Crippen molar-refractivity contribution >= 4 is 29.1 Å². The summed E-state index contributed by atoms with van der Waals surface area (Å²) in [6.07, 6.45) is 0. The lowest BCUT2D eigenvalue weighted by Crippen LogP contribution is -2.45. The van der Waals surface area contributed by atoms with Gasteiger partial charge in [-0.15, -0.1) is 0 Å². The number of imide groups is 1. The van der Waals surface area contributed by atoms with E-state index in [4.69, 9.17) is 0 Å². The van der Waals surface area contributed by atoms with Crippen LogP contribution in [0.15, 0.2) is 42.5 Å². The molecular formula is C15H8N4O7. The van der Waals surface area contributed by atoms with Gasteiger partial charge >= 0.3 is 0 Å². The van der Waals surface area contributed by atoms with Crippen LogP contribution in [0.1, 0.15) is 31.1 Å². The number of non-ortho nitro benzene ring substituents is 1. The quantitative estimate of drug-likeness (QED) is 0.494. The van der Waals surface area contributed by atoms with Gasteiger partial charge in [-0.3, -0.25) is 40.0 Å². The smallest absolute Gasteiger partial charge is 0.267 e. The largest absolute Gasteiger partial charge is 0.287 e. The highest BCUT2D eigenvalue weighted by atomic mass is 16.6. The SMILES string of the molecule is O=C(NN1C(=O)c2cccc([N+](=O)[O-])c2C1=O)c1cccc([N+](=O)[O-])c1. The van der Waals surface area contributed by atoms with Crippen molar-refractivity contribution in [1.29, 1.82) is 0 Å². The first-order chi connectivity index (χ1) is 12.3. The number of nitrogens with zero attached hydrogens (tertiary/aromatic N) is 3. The monoisotopic (exact) mass is 356 g/mol. The Balaban J connectivity index is 1.91. The third-order valence-corrected chi connectivity index (χ3v) is 3.62. The van der Waals surface area contributed by atoms with Crippen molar-refractivity contribution in [3.63, 3.8) is 0 Å². The molecule has 0 unspecified atom stereocenters. The number of benzene rings is 2. The molecule has 0 aromatic heterocycles. The summed E-state index contributed by atoms with van der Waals surface area (Å²) < 4.78 is 0. The van der Waals surface area contributed by atoms with Crippen LogP contribution in [0, 0.1) is 20.2 Å². The molecule has 2 aromatic carbocycles. The van der Waals surface area contributed by atoms with Gasteiger partial charge in [0.1, 0.15) is 5.56 Å². The number of carbonyl (C=O) groups is 3. The zero-order chi connectivity index (χ0) is 19.0. The average Bonchev–Trinajstić information content (AvgIpc) is 2.86. The average molecular weight is 356 g/mol. The number of nitro groups is 2. The summed E-state index contributed by atoms with van der Waals surface area (Å²) >= 11 is 0. The van der Waals surface area contributed by atoms with E-state index in [9.17, 15) is 34.6 Å². The predicted molar refractivity (Wildman–Crippen MR) is 84.2 cm³/mol. The highest BCUT2D eigenvalue weighted by Crippen LogP contribution is 2.29. The van der Waals surface area contributed by atoms with Gasteiger partial charge in [-0.2, -0.15) is 5.01 Å². The molecule has 1 aliphatic rings. The Morgan fingerprint density at radius 1 is 0.962 bits per heavy atom. The molecule has 0 saturated carbocycles. The second-order valence-electron chi connectivity index (χ2n) is 5.15. The van der Waals surface area contributed by atoms with E-state index < -0.39 is 38.8 Å². The minimum atomic E-state index is -1.06. The molecule has 26 heavy (non-hydrogen) atoms. The summed E-state index contributed by atoms with van der Waals surface area (Å²) in [7, 11) is 0. The van der Waals surface area contributed by atoms with Crippen molar-refractivity contribution in [3.05, 3.63) is 79.4 Å². The number of hydrazine groups is 1. The molecule has 2 aromatic rings. The van der Waals surface area contributed by atoms with E-state index in [-0.39, 0.29) is 16.8 Å². The van der Waals surface area contributed by atoms with Crippen LogP contribution in [0.3, 0.4) is 0 Å². The van der Waals surface area contributed by atoms with Gasteiger partial charge in [-0.1, -0.05) is 12.1 Å². The first kappa shape index (κ1) is 16.7. The Kier molecular flexibility index (Phi) is 3.89. The van der Waals surface area contributed by atoms with Crippen molar-refractivity contribution < 1.29 is 24.2 Å². The molecule has 3 amide bonds. The maximum absolute atomic E-state index is 12.4. The van der Waals surface area contributed by atoms with Crippen LogP contribution < -0.4 is 5.43 Å². The van der Waals surface area contributed by atoms with Crippen LogP contribution in [0.25, 0.3) is 0 Å². The fourth-order valence-electron chi connectivity index (χ4n) is 2.45. The zero-order valence-electron chi connectivity index (χ0n) is 12.7. The molecule has 0 saturated heterocycles. The Hall–Kier alpha value is -4.15. The predicted octanol–water partition coefficient (Wildman–Crippen LogP) is 1.44. The second-order valence-corrected chi connectivity index (χ2v) is 5.15. The van der Waals surface area contributed by atoms with Crippen LogP contribution in [0.4, 0.5) is 11.4 Å². The molecule has 11 nitrogen and oxygen atoms in total. The Labute approximate surface area is 144 Å². The summed E-state index contributed by atoms with van der Waals surface area (Å²) in [5.74, 6) is -2.95.